The number of carbonyl (C=O) groups excluding carboxylic acids is 1. The van der Waals surface area contributed by atoms with Crippen LogP contribution in [0.15, 0.2) is 47.8 Å². The first kappa shape index (κ1) is 18.6. The van der Waals surface area contributed by atoms with Crippen LogP contribution in [0.25, 0.3) is 0 Å². The summed E-state index contributed by atoms with van der Waals surface area (Å²) >= 11 is 0. The van der Waals surface area contributed by atoms with Crippen LogP contribution in [0.5, 0.6) is 5.75 Å². The molecule has 1 aromatic carbocycles. The zero-order valence-corrected chi connectivity index (χ0v) is 14.3. The van der Waals surface area contributed by atoms with Gasteiger partial charge in [-0.15, -0.1) is 6.58 Å². The minimum Gasteiger partial charge on any atom is -0.483 e. The highest BCUT2D eigenvalue weighted by molar-refractivity contribution is 5.77. The van der Waals surface area contributed by atoms with Crippen molar-refractivity contribution in [2.45, 2.75) is 19.3 Å². The number of hydrogen-bond donors (Lipinski definition) is 1. The maximum Gasteiger partial charge on any atom is 0.234 e. The van der Waals surface area contributed by atoms with Gasteiger partial charge in [-0.3, -0.25) is 9.59 Å². The zero-order chi connectivity index (χ0) is 18.2. The molecule has 1 N–H and O–H groups in total. The minimum atomic E-state index is -0.831. The van der Waals surface area contributed by atoms with Crippen molar-refractivity contribution in [3.63, 3.8) is 0 Å². The Morgan fingerprint density at radius 3 is 2.44 bits per heavy atom. The van der Waals surface area contributed by atoms with Crippen molar-refractivity contribution in [1.82, 2.24) is 4.98 Å². The summed E-state index contributed by atoms with van der Waals surface area (Å²) in [7, 11) is 2.91. The molecular weight excluding hydrogens is 322 g/mol. The molecule has 0 radical (unpaired) electrons. The first-order chi connectivity index (χ1) is 12.2. The molecule has 0 aliphatic carbocycles. The van der Waals surface area contributed by atoms with Crippen molar-refractivity contribution in [3.8, 4) is 5.75 Å². The Morgan fingerprint density at radius 1 is 1.20 bits per heavy atom. The Kier molecular flexibility index (Phi) is 6.68. The molecule has 2 aromatic rings. The Morgan fingerprint density at radius 2 is 1.88 bits per heavy atom. The number of H-pyrrole nitrogens is 1. The van der Waals surface area contributed by atoms with Crippen LogP contribution in [0.4, 0.5) is 0 Å². The first-order valence-corrected chi connectivity index (χ1v) is 7.73. The number of aromatic nitrogens is 1. The quantitative estimate of drug-likeness (QED) is 0.430. The second-order valence-electron chi connectivity index (χ2n) is 5.28. The number of aromatic amines is 1. The number of carbonyl (C=O) groups is 1. The highest BCUT2D eigenvalue weighted by Crippen LogP contribution is 2.25. The van der Waals surface area contributed by atoms with Gasteiger partial charge in [0.1, 0.15) is 12.3 Å². The molecule has 2 rings (SSSR count). The predicted molar refractivity (Wildman–Crippen MR) is 93.9 cm³/mol. The first-order valence-electron chi connectivity index (χ1n) is 7.73. The van der Waals surface area contributed by atoms with Gasteiger partial charge in [-0.25, -0.2) is 0 Å². The Hall–Kier alpha value is -2.70. The molecular formula is C19H21NO5. The average Bonchev–Trinajstić information content (AvgIpc) is 2.63. The number of benzene rings is 1. The van der Waals surface area contributed by atoms with Crippen LogP contribution < -0.4 is 10.2 Å². The van der Waals surface area contributed by atoms with E-state index >= 15 is 0 Å². The summed E-state index contributed by atoms with van der Waals surface area (Å²) in [5.41, 5.74) is 1.17. The molecule has 1 heterocycles. The van der Waals surface area contributed by atoms with Crippen molar-refractivity contribution < 1.29 is 19.0 Å². The van der Waals surface area contributed by atoms with E-state index in [0.717, 1.165) is 5.56 Å². The smallest absolute Gasteiger partial charge is 0.234 e. The molecule has 0 unspecified atom stereocenters. The van der Waals surface area contributed by atoms with E-state index in [-0.39, 0.29) is 17.9 Å². The van der Waals surface area contributed by atoms with Crippen molar-refractivity contribution in [2.75, 3.05) is 14.2 Å². The molecule has 6 nitrogen and oxygen atoms in total. The van der Waals surface area contributed by atoms with Crippen LogP contribution >= 0.6 is 0 Å². The van der Waals surface area contributed by atoms with Gasteiger partial charge in [-0.05, 0) is 5.56 Å². The number of methoxy groups -OCH3 is 2. The number of aldehydes is 1. The molecule has 6 heteroatoms. The minimum absolute atomic E-state index is 0.00691. The standard InChI is InChI=1S/C19H21NO5/c1-4-8-15-14(11-21)17(22)18(16(20-15)19(23-2)24-3)25-12-13-9-6-5-7-10-13/h4-7,9-11,19H,1,8,12H2,2-3H3,(H,20,22). The van der Waals surface area contributed by atoms with Crippen molar-refractivity contribution >= 4 is 6.29 Å². The summed E-state index contributed by atoms with van der Waals surface area (Å²) in [4.78, 5) is 27.2. The molecule has 0 bridgehead atoms. The summed E-state index contributed by atoms with van der Waals surface area (Å²) in [6.07, 6.45) is 1.62. The third-order valence-corrected chi connectivity index (χ3v) is 3.66. The summed E-state index contributed by atoms with van der Waals surface area (Å²) < 4.78 is 16.2. The van der Waals surface area contributed by atoms with Crippen LogP contribution in [0.1, 0.15) is 33.6 Å². The van der Waals surface area contributed by atoms with E-state index in [0.29, 0.717) is 24.1 Å². The third kappa shape index (κ3) is 4.23. The summed E-state index contributed by atoms with van der Waals surface area (Å²) in [5.74, 6) is 0.00691. The van der Waals surface area contributed by atoms with E-state index in [1.54, 1.807) is 6.08 Å². The van der Waals surface area contributed by atoms with E-state index in [4.69, 9.17) is 14.2 Å². The van der Waals surface area contributed by atoms with Gasteiger partial charge in [-0.2, -0.15) is 0 Å². The molecule has 0 saturated heterocycles. The fraction of sp³-hybridized carbons (Fsp3) is 0.263. The van der Waals surface area contributed by atoms with Crippen molar-refractivity contribution in [3.05, 3.63) is 75.7 Å². The molecule has 0 atom stereocenters. The van der Waals surface area contributed by atoms with Gasteiger partial charge in [0.05, 0.1) is 5.56 Å². The molecule has 25 heavy (non-hydrogen) atoms. The lowest BCUT2D eigenvalue weighted by atomic mass is 10.1. The summed E-state index contributed by atoms with van der Waals surface area (Å²) in [6.45, 7) is 3.82. The zero-order valence-electron chi connectivity index (χ0n) is 14.3. The number of ether oxygens (including phenoxy) is 3. The second kappa shape index (κ2) is 8.96. The monoisotopic (exact) mass is 343 g/mol. The Balaban J connectivity index is 2.52. The molecule has 1 aromatic heterocycles. The lowest BCUT2D eigenvalue weighted by molar-refractivity contribution is -0.110. The fourth-order valence-electron chi connectivity index (χ4n) is 2.47. The van der Waals surface area contributed by atoms with Crippen molar-refractivity contribution in [1.29, 1.82) is 0 Å². The number of allylic oxidation sites excluding steroid dienone is 1. The number of pyridine rings is 1. The molecule has 0 aliphatic rings. The van der Waals surface area contributed by atoms with Gasteiger partial charge in [0.15, 0.2) is 12.0 Å². The highest BCUT2D eigenvalue weighted by atomic mass is 16.7. The maximum atomic E-state index is 12.8. The summed E-state index contributed by atoms with van der Waals surface area (Å²) in [5, 5.41) is 0. The van der Waals surface area contributed by atoms with E-state index in [9.17, 15) is 9.59 Å². The van der Waals surface area contributed by atoms with Crippen LogP contribution in [0, 0.1) is 0 Å². The van der Waals surface area contributed by atoms with Crippen LogP contribution in [-0.2, 0) is 22.5 Å². The lowest BCUT2D eigenvalue weighted by Crippen LogP contribution is -2.22. The topological polar surface area (TPSA) is 77.6 Å². The summed E-state index contributed by atoms with van der Waals surface area (Å²) in [6, 6.07) is 9.40. The van der Waals surface area contributed by atoms with Gasteiger partial charge in [0, 0.05) is 26.3 Å². The fourth-order valence-corrected chi connectivity index (χ4v) is 2.47. The van der Waals surface area contributed by atoms with Gasteiger partial charge >= 0.3 is 0 Å². The van der Waals surface area contributed by atoms with E-state index < -0.39 is 11.7 Å². The van der Waals surface area contributed by atoms with Crippen LogP contribution in [-0.4, -0.2) is 25.5 Å². The maximum absolute atomic E-state index is 12.8. The molecule has 0 amide bonds. The van der Waals surface area contributed by atoms with Crippen molar-refractivity contribution in [2.24, 2.45) is 0 Å². The van der Waals surface area contributed by atoms with Crippen LogP contribution in [0.3, 0.4) is 0 Å². The average molecular weight is 343 g/mol. The van der Waals surface area contributed by atoms with Gasteiger partial charge in [0.25, 0.3) is 0 Å². The van der Waals surface area contributed by atoms with Crippen LogP contribution in [0.2, 0.25) is 0 Å². The lowest BCUT2D eigenvalue weighted by Gasteiger charge is -2.19. The highest BCUT2D eigenvalue weighted by Gasteiger charge is 2.23. The molecule has 0 fully saturated rings. The number of hydrogen-bond acceptors (Lipinski definition) is 5. The molecule has 132 valence electrons. The Labute approximate surface area is 146 Å². The van der Waals surface area contributed by atoms with E-state index in [1.807, 2.05) is 30.3 Å². The SMILES string of the molecule is C=CCc1[nH]c(C(OC)OC)c(OCc2ccccc2)c(=O)c1C=O. The number of rotatable bonds is 9. The van der Waals surface area contributed by atoms with Gasteiger partial charge in [0.2, 0.25) is 11.7 Å². The Bertz CT molecular complexity index is 778. The normalized spacial score (nSPS) is 10.7. The number of nitrogens with one attached hydrogen (secondary N) is 1. The second-order valence-corrected chi connectivity index (χ2v) is 5.28. The largest absolute Gasteiger partial charge is 0.483 e. The van der Waals surface area contributed by atoms with E-state index in [2.05, 4.69) is 11.6 Å². The predicted octanol–water partition coefficient (Wildman–Crippen LogP) is 2.79. The van der Waals surface area contributed by atoms with Gasteiger partial charge < -0.3 is 19.2 Å². The third-order valence-electron chi connectivity index (χ3n) is 3.66. The molecule has 0 saturated carbocycles. The van der Waals surface area contributed by atoms with Gasteiger partial charge in [-0.1, -0.05) is 36.4 Å². The molecule has 0 aliphatic heterocycles. The molecule has 0 spiro atoms. The van der Waals surface area contributed by atoms with E-state index in [1.165, 1.54) is 14.2 Å².